The number of fused-ring (bicyclic) bond motifs is 1. The number of pyridine rings is 1. The van der Waals surface area contributed by atoms with E-state index in [2.05, 4.69) is 36.2 Å². The van der Waals surface area contributed by atoms with Gasteiger partial charge in [0.25, 0.3) is 5.91 Å². The van der Waals surface area contributed by atoms with Crippen LogP contribution in [0, 0.1) is 6.92 Å². The van der Waals surface area contributed by atoms with Gasteiger partial charge in [0.15, 0.2) is 0 Å². The van der Waals surface area contributed by atoms with Gasteiger partial charge in [-0.05, 0) is 91.5 Å². The van der Waals surface area contributed by atoms with Crippen LogP contribution < -0.4 is 5.32 Å². The summed E-state index contributed by atoms with van der Waals surface area (Å²) in [6.45, 7) is 6.21. The first-order valence-corrected chi connectivity index (χ1v) is 12.7. The predicted octanol–water partition coefficient (Wildman–Crippen LogP) is 3.84. The van der Waals surface area contributed by atoms with Gasteiger partial charge in [-0.25, -0.2) is 4.98 Å². The fourth-order valence-electron chi connectivity index (χ4n) is 4.99. The molecule has 8 nitrogen and oxygen atoms in total. The molecule has 4 heterocycles. The van der Waals surface area contributed by atoms with Crippen LogP contribution in [0.5, 0.6) is 0 Å². The van der Waals surface area contributed by atoms with Gasteiger partial charge in [0, 0.05) is 36.4 Å². The monoisotopic (exact) mass is 524 g/mol. The fourth-order valence-corrected chi connectivity index (χ4v) is 5.33. The van der Waals surface area contributed by atoms with Crippen LogP contribution in [0.4, 0.5) is 5.69 Å². The molecular weight excluding hydrogens is 496 g/mol. The van der Waals surface area contributed by atoms with Crippen molar-refractivity contribution in [3.63, 3.8) is 0 Å². The summed E-state index contributed by atoms with van der Waals surface area (Å²) >= 11 is 3.30. The summed E-state index contributed by atoms with van der Waals surface area (Å²) in [5.74, 6) is -0.165. The van der Waals surface area contributed by atoms with E-state index < -0.39 is 0 Å². The average Bonchev–Trinajstić information content (AvgIpc) is 3.49. The molecule has 9 heteroatoms. The van der Waals surface area contributed by atoms with Crippen LogP contribution in [0.2, 0.25) is 0 Å². The van der Waals surface area contributed by atoms with Gasteiger partial charge < -0.3 is 15.1 Å². The van der Waals surface area contributed by atoms with Gasteiger partial charge in [-0.15, -0.1) is 0 Å². The zero-order chi connectivity index (χ0) is 23.7. The lowest BCUT2D eigenvalue weighted by atomic mass is 10.0. The highest BCUT2D eigenvalue weighted by atomic mass is 79.9. The molecule has 2 saturated heterocycles. The summed E-state index contributed by atoms with van der Waals surface area (Å²) in [5.41, 5.74) is 2.74. The van der Waals surface area contributed by atoms with Gasteiger partial charge in [-0.2, -0.15) is 5.10 Å². The van der Waals surface area contributed by atoms with E-state index in [-0.39, 0.29) is 18.4 Å². The quantitative estimate of drug-likeness (QED) is 0.512. The van der Waals surface area contributed by atoms with Gasteiger partial charge in [-0.3, -0.25) is 14.3 Å². The number of rotatable bonds is 5. The number of nitrogens with zero attached hydrogens (tertiary/aromatic N) is 5. The Morgan fingerprint density at radius 3 is 2.62 bits per heavy atom. The van der Waals surface area contributed by atoms with Gasteiger partial charge >= 0.3 is 0 Å². The van der Waals surface area contributed by atoms with Crippen molar-refractivity contribution < 1.29 is 9.59 Å². The molecule has 2 aromatic heterocycles. The fraction of sp³-hybridized carbons (Fsp3) is 0.440. The topological polar surface area (TPSA) is 83.4 Å². The number of aryl methyl sites for hydroxylation is 1. The van der Waals surface area contributed by atoms with Crippen molar-refractivity contribution in [2.24, 2.45) is 0 Å². The molecule has 178 valence electrons. The van der Waals surface area contributed by atoms with Crippen LogP contribution >= 0.6 is 15.9 Å². The van der Waals surface area contributed by atoms with E-state index in [0.29, 0.717) is 22.0 Å². The number of piperidine rings is 1. The lowest BCUT2D eigenvalue weighted by Gasteiger charge is -2.36. The van der Waals surface area contributed by atoms with E-state index in [1.54, 1.807) is 22.9 Å². The van der Waals surface area contributed by atoms with Gasteiger partial charge in [0.05, 0.1) is 5.52 Å². The first-order valence-electron chi connectivity index (χ1n) is 11.9. The molecule has 0 unspecified atom stereocenters. The third-order valence-electron chi connectivity index (χ3n) is 6.87. The van der Waals surface area contributed by atoms with Gasteiger partial charge in [-0.1, -0.05) is 6.07 Å². The van der Waals surface area contributed by atoms with E-state index in [4.69, 9.17) is 0 Å². The Labute approximate surface area is 207 Å². The van der Waals surface area contributed by atoms with E-state index in [9.17, 15) is 9.59 Å². The Morgan fingerprint density at radius 2 is 1.88 bits per heavy atom. The molecule has 0 radical (unpaired) electrons. The summed E-state index contributed by atoms with van der Waals surface area (Å²) in [5, 5.41) is 8.42. The number of halogens is 1. The second kappa shape index (κ2) is 9.84. The Hall–Kier alpha value is -2.78. The molecule has 0 atom stereocenters. The lowest BCUT2D eigenvalue weighted by Crippen LogP contribution is -2.46. The molecule has 5 rings (SSSR count). The molecular formula is C25H29BrN6O2. The van der Waals surface area contributed by atoms with Crippen LogP contribution in [0.1, 0.15) is 41.7 Å². The van der Waals surface area contributed by atoms with Crippen LogP contribution in [-0.4, -0.2) is 68.6 Å². The molecule has 2 fully saturated rings. The molecule has 0 bridgehead atoms. The van der Waals surface area contributed by atoms with Crippen LogP contribution in [-0.2, 0) is 11.3 Å². The Balaban J connectivity index is 1.23. The van der Waals surface area contributed by atoms with Crippen molar-refractivity contribution in [1.82, 2.24) is 24.6 Å². The second-order valence-corrected chi connectivity index (χ2v) is 10.0. The van der Waals surface area contributed by atoms with Crippen LogP contribution in [0.25, 0.3) is 10.9 Å². The summed E-state index contributed by atoms with van der Waals surface area (Å²) < 4.78 is 2.32. The SMILES string of the molecule is Cc1cc2nn(CC(=O)N3CCC(N4CCCC4)CC3)cc2cc1NC(=O)c1cccc(Br)n1. The third kappa shape index (κ3) is 5.00. The summed E-state index contributed by atoms with van der Waals surface area (Å²) in [7, 11) is 0. The first-order chi connectivity index (χ1) is 16.5. The maximum atomic E-state index is 12.9. The average molecular weight is 525 g/mol. The number of hydrogen-bond donors (Lipinski definition) is 1. The molecule has 0 saturated carbocycles. The smallest absolute Gasteiger partial charge is 0.274 e. The number of likely N-dealkylation sites (tertiary alicyclic amines) is 2. The van der Waals surface area contributed by atoms with Crippen molar-refractivity contribution in [3.05, 3.63) is 52.4 Å². The highest BCUT2D eigenvalue weighted by Crippen LogP contribution is 2.24. The molecule has 34 heavy (non-hydrogen) atoms. The highest BCUT2D eigenvalue weighted by Gasteiger charge is 2.28. The minimum Gasteiger partial charge on any atom is -0.341 e. The standard InChI is InChI=1S/C25H29BrN6O2/c1-17-13-22-18(14-21(17)28-25(34)20-5-4-6-23(26)27-20)15-32(29-22)16-24(33)31-11-7-19(8-12-31)30-9-2-3-10-30/h4-6,13-15,19H,2-3,7-12,16H2,1H3,(H,28,34). The Morgan fingerprint density at radius 1 is 1.12 bits per heavy atom. The van der Waals surface area contributed by atoms with E-state index >= 15 is 0 Å². The Bertz CT molecular complexity index is 1210. The molecule has 0 spiro atoms. The number of anilines is 1. The summed E-state index contributed by atoms with van der Waals surface area (Å²) in [6, 6.07) is 9.68. The first kappa shape index (κ1) is 23.0. The number of nitrogens with one attached hydrogen (secondary N) is 1. The van der Waals surface area contributed by atoms with E-state index in [1.807, 2.05) is 30.2 Å². The number of amides is 2. The molecule has 2 aliphatic rings. The zero-order valence-corrected chi connectivity index (χ0v) is 20.9. The number of carbonyl (C=O) groups excluding carboxylic acids is 2. The maximum absolute atomic E-state index is 12.9. The predicted molar refractivity (Wildman–Crippen MR) is 135 cm³/mol. The normalized spacial score (nSPS) is 17.4. The molecule has 1 aromatic carbocycles. The molecule has 0 aliphatic carbocycles. The zero-order valence-electron chi connectivity index (χ0n) is 19.3. The van der Waals surface area contributed by atoms with E-state index in [1.165, 1.54) is 25.9 Å². The molecule has 3 aromatic rings. The number of benzene rings is 1. The Kier molecular flexibility index (Phi) is 6.65. The van der Waals surface area contributed by atoms with Crippen molar-refractivity contribution in [3.8, 4) is 0 Å². The number of aromatic nitrogens is 3. The maximum Gasteiger partial charge on any atom is 0.274 e. The number of carbonyl (C=O) groups is 2. The van der Waals surface area contributed by atoms with Crippen molar-refractivity contribution >= 4 is 44.3 Å². The van der Waals surface area contributed by atoms with Crippen LogP contribution in [0.15, 0.2) is 41.1 Å². The minimum atomic E-state index is -0.274. The van der Waals surface area contributed by atoms with Crippen LogP contribution in [0.3, 0.4) is 0 Å². The second-order valence-electron chi connectivity index (χ2n) is 9.21. The highest BCUT2D eigenvalue weighted by molar-refractivity contribution is 9.10. The lowest BCUT2D eigenvalue weighted by molar-refractivity contribution is -0.133. The molecule has 2 aliphatic heterocycles. The third-order valence-corrected chi connectivity index (χ3v) is 7.31. The largest absolute Gasteiger partial charge is 0.341 e. The van der Waals surface area contributed by atoms with Crippen molar-refractivity contribution in [2.45, 2.75) is 45.2 Å². The van der Waals surface area contributed by atoms with Crippen molar-refractivity contribution in [1.29, 1.82) is 0 Å². The van der Waals surface area contributed by atoms with Crippen molar-refractivity contribution in [2.75, 3.05) is 31.5 Å². The number of hydrogen-bond acceptors (Lipinski definition) is 5. The molecule has 2 amide bonds. The molecule has 1 N–H and O–H groups in total. The summed E-state index contributed by atoms with van der Waals surface area (Å²) in [4.78, 5) is 34.3. The minimum absolute atomic E-state index is 0.110. The van der Waals surface area contributed by atoms with Gasteiger partial charge in [0.1, 0.15) is 16.8 Å². The van der Waals surface area contributed by atoms with E-state index in [0.717, 1.165) is 42.4 Å². The van der Waals surface area contributed by atoms with Gasteiger partial charge in [0.2, 0.25) is 5.91 Å². The summed E-state index contributed by atoms with van der Waals surface area (Å²) in [6.07, 6.45) is 6.59.